The highest BCUT2D eigenvalue weighted by Crippen LogP contribution is 2.22. The maximum atomic E-state index is 12.2. The SMILES string of the molecule is CCOC(=O)c1ccc(NC(=O)[C@H](C)Oc2ccc(C)cc2)cc1Cl. The zero-order valence-electron chi connectivity index (χ0n) is 14.3. The Bertz CT molecular complexity index is 759. The largest absolute Gasteiger partial charge is 0.481 e. The lowest BCUT2D eigenvalue weighted by Crippen LogP contribution is -2.30. The zero-order chi connectivity index (χ0) is 18.4. The van der Waals surface area contributed by atoms with E-state index in [0.29, 0.717) is 11.4 Å². The van der Waals surface area contributed by atoms with Gasteiger partial charge < -0.3 is 14.8 Å². The highest BCUT2D eigenvalue weighted by molar-refractivity contribution is 6.34. The minimum absolute atomic E-state index is 0.211. The Morgan fingerprint density at radius 1 is 1.16 bits per heavy atom. The number of rotatable bonds is 6. The van der Waals surface area contributed by atoms with E-state index >= 15 is 0 Å². The standard InChI is InChI=1S/C19H20ClNO4/c1-4-24-19(23)16-10-7-14(11-17(16)20)21-18(22)13(3)25-15-8-5-12(2)6-9-15/h5-11,13H,4H2,1-3H3,(H,21,22)/t13-/m0/s1. The molecule has 1 amide bonds. The first-order valence-electron chi connectivity index (χ1n) is 7.91. The Labute approximate surface area is 151 Å². The van der Waals surface area contributed by atoms with Crippen molar-refractivity contribution in [1.29, 1.82) is 0 Å². The molecule has 0 saturated carbocycles. The number of esters is 1. The van der Waals surface area contributed by atoms with Gasteiger partial charge in [0.2, 0.25) is 0 Å². The fourth-order valence-corrected chi connectivity index (χ4v) is 2.34. The number of nitrogens with one attached hydrogen (secondary N) is 1. The smallest absolute Gasteiger partial charge is 0.339 e. The summed E-state index contributed by atoms with van der Waals surface area (Å²) in [5.41, 5.74) is 1.84. The molecule has 0 unspecified atom stereocenters. The van der Waals surface area contributed by atoms with Gasteiger partial charge >= 0.3 is 5.97 Å². The third kappa shape index (κ3) is 5.22. The van der Waals surface area contributed by atoms with Gasteiger partial charge in [-0.2, -0.15) is 0 Å². The Balaban J connectivity index is 2.00. The van der Waals surface area contributed by atoms with E-state index in [1.165, 1.54) is 12.1 Å². The van der Waals surface area contributed by atoms with Gasteiger partial charge in [-0.15, -0.1) is 0 Å². The van der Waals surface area contributed by atoms with Crippen molar-refractivity contribution in [1.82, 2.24) is 0 Å². The van der Waals surface area contributed by atoms with Crippen LogP contribution in [-0.4, -0.2) is 24.6 Å². The zero-order valence-corrected chi connectivity index (χ0v) is 15.1. The van der Waals surface area contributed by atoms with Crippen LogP contribution in [0.2, 0.25) is 5.02 Å². The molecule has 25 heavy (non-hydrogen) atoms. The number of hydrogen-bond donors (Lipinski definition) is 1. The van der Waals surface area contributed by atoms with Gasteiger partial charge in [-0.25, -0.2) is 4.79 Å². The van der Waals surface area contributed by atoms with Gasteiger partial charge in [-0.3, -0.25) is 4.79 Å². The molecule has 2 aromatic rings. The molecule has 0 saturated heterocycles. The Morgan fingerprint density at radius 2 is 1.84 bits per heavy atom. The molecule has 0 bridgehead atoms. The van der Waals surface area contributed by atoms with Crippen molar-refractivity contribution >= 4 is 29.2 Å². The summed E-state index contributed by atoms with van der Waals surface area (Å²) in [6.07, 6.45) is -0.689. The van der Waals surface area contributed by atoms with Gasteiger partial charge in [0.15, 0.2) is 6.10 Å². The molecule has 1 N–H and O–H groups in total. The number of carbonyl (C=O) groups is 2. The molecule has 2 rings (SSSR count). The van der Waals surface area contributed by atoms with E-state index in [-0.39, 0.29) is 23.1 Å². The second kappa shape index (κ2) is 8.53. The number of ether oxygens (including phenoxy) is 2. The normalized spacial score (nSPS) is 11.5. The molecule has 1 atom stereocenters. The van der Waals surface area contributed by atoms with Gasteiger partial charge in [-0.1, -0.05) is 29.3 Å². The number of amides is 1. The van der Waals surface area contributed by atoms with Crippen LogP contribution >= 0.6 is 11.6 Å². The van der Waals surface area contributed by atoms with Gasteiger partial charge in [0, 0.05) is 5.69 Å². The van der Waals surface area contributed by atoms with Crippen LogP contribution in [0.4, 0.5) is 5.69 Å². The van der Waals surface area contributed by atoms with Crippen molar-refractivity contribution in [2.24, 2.45) is 0 Å². The maximum Gasteiger partial charge on any atom is 0.339 e. The summed E-state index contributed by atoms with van der Waals surface area (Å²) in [4.78, 5) is 24.0. The van der Waals surface area contributed by atoms with Crippen LogP contribution in [0.3, 0.4) is 0 Å². The third-order valence-corrected chi connectivity index (χ3v) is 3.75. The number of carbonyl (C=O) groups excluding carboxylic acids is 2. The Kier molecular flexibility index (Phi) is 6.42. The van der Waals surface area contributed by atoms with E-state index in [9.17, 15) is 9.59 Å². The van der Waals surface area contributed by atoms with Crippen molar-refractivity contribution in [2.45, 2.75) is 26.9 Å². The van der Waals surface area contributed by atoms with Gasteiger partial charge in [0.1, 0.15) is 5.75 Å². The highest BCUT2D eigenvalue weighted by atomic mass is 35.5. The van der Waals surface area contributed by atoms with Crippen LogP contribution < -0.4 is 10.1 Å². The minimum Gasteiger partial charge on any atom is -0.481 e. The summed E-state index contributed by atoms with van der Waals surface area (Å²) in [5.74, 6) is -0.203. The van der Waals surface area contributed by atoms with E-state index < -0.39 is 12.1 Å². The van der Waals surface area contributed by atoms with Crippen molar-refractivity contribution in [3.05, 3.63) is 58.6 Å². The molecular formula is C19H20ClNO4. The Hall–Kier alpha value is -2.53. The van der Waals surface area contributed by atoms with Crippen LogP contribution in [0, 0.1) is 6.92 Å². The summed E-state index contributed by atoms with van der Waals surface area (Å²) in [6, 6.07) is 12.1. The number of anilines is 1. The quantitative estimate of drug-likeness (QED) is 0.782. The molecule has 0 aromatic heterocycles. The number of hydrogen-bond acceptors (Lipinski definition) is 4. The summed E-state index contributed by atoms with van der Waals surface area (Å²) < 4.78 is 10.5. The molecular weight excluding hydrogens is 342 g/mol. The van der Waals surface area contributed by atoms with Crippen molar-refractivity contribution in [2.75, 3.05) is 11.9 Å². The first kappa shape index (κ1) is 18.8. The minimum atomic E-state index is -0.689. The topological polar surface area (TPSA) is 64.6 Å². The van der Waals surface area contributed by atoms with E-state index in [1.54, 1.807) is 19.9 Å². The van der Waals surface area contributed by atoms with Crippen LogP contribution in [0.5, 0.6) is 5.75 Å². The molecule has 0 heterocycles. The summed E-state index contributed by atoms with van der Waals surface area (Å²) >= 11 is 6.08. The molecule has 132 valence electrons. The predicted molar refractivity (Wildman–Crippen MR) is 97.3 cm³/mol. The first-order chi connectivity index (χ1) is 11.9. The second-order valence-corrected chi connectivity index (χ2v) is 5.88. The first-order valence-corrected chi connectivity index (χ1v) is 8.29. The Morgan fingerprint density at radius 3 is 2.44 bits per heavy atom. The van der Waals surface area contributed by atoms with Crippen LogP contribution in [0.25, 0.3) is 0 Å². The fraction of sp³-hybridized carbons (Fsp3) is 0.263. The van der Waals surface area contributed by atoms with Crippen LogP contribution in [-0.2, 0) is 9.53 Å². The lowest BCUT2D eigenvalue weighted by Gasteiger charge is -2.15. The molecule has 2 aromatic carbocycles. The molecule has 0 radical (unpaired) electrons. The molecule has 0 aliphatic heterocycles. The van der Waals surface area contributed by atoms with Crippen LogP contribution in [0.15, 0.2) is 42.5 Å². The monoisotopic (exact) mass is 361 g/mol. The van der Waals surface area contributed by atoms with Crippen molar-refractivity contribution < 1.29 is 19.1 Å². The summed E-state index contributed by atoms with van der Waals surface area (Å²) in [6.45, 7) is 5.62. The number of halogens is 1. The van der Waals surface area contributed by atoms with Gasteiger partial charge in [0.25, 0.3) is 5.91 Å². The average molecular weight is 362 g/mol. The van der Waals surface area contributed by atoms with E-state index in [1.807, 2.05) is 31.2 Å². The van der Waals surface area contributed by atoms with E-state index in [4.69, 9.17) is 21.1 Å². The number of aryl methyl sites for hydroxylation is 1. The number of benzene rings is 2. The molecule has 0 aliphatic carbocycles. The lowest BCUT2D eigenvalue weighted by atomic mass is 10.2. The molecule has 5 nitrogen and oxygen atoms in total. The van der Waals surface area contributed by atoms with E-state index in [0.717, 1.165) is 5.56 Å². The molecule has 0 fully saturated rings. The molecule has 6 heteroatoms. The maximum absolute atomic E-state index is 12.2. The summed E-state index contributed by atoms with van der Waals surface area (Å²) in [7, 11) is 0. The second-order valence-electron chi connectivity index (χ2n) is 5.48. The molecule has 0 aliphatic rings. The average Bonchev–Trinajstić information content (AvgIpc) is 2.57. The highest BCUT2D eigenvalue weighted by Gasteiger charge is 2.17. The molecule has 0 spiro atoms. The van der Waals surface area contributed by atoms with Crippen molar-refractivity contribution in [3.8, 4) is 5.75 Å². The van der Waals surface area contributed by atoms with Gasteiger partial charge in [0.05, 0.1) is 17.2 Å². The fourth-order valence-electron chi connectivity index (χ4n) is 2.09. The van der Waals surface area contributed by atoms with E-state index in [2.05, 4.69) is 5.32 Å². The lowest BCUT2D eigenvalue weighted by molar-refractivity contribution is -0.122. The summed E-state index contributed by atoms with van der Waals surface area (Å²) in [5, 5.41) is 2.92. The van der Waals surface area contributed by atoms with Crippen molar-refractivity contribution in [3.63, 3.8) is 0 Å². The van der Waals surface area contributed by atoms with Gasteiger partial charge in [-0.05, 0) is 51.1 Å². The van der Waals surface area contributed by atoms with Crippen LogP contribution in [0.1, 0.15) is 29.8 Å². The third-order valence-electron chi connectivity index (χ3n) is 3.44. The predicted octanol–water partition coefficient (Wildman–Crippen LogP) is 4.23.